The summed E-state index contributed by atoms with van der Waals surface area (Å²) in [7, 11) is 0. The first-order valence-electron chi connectivity index (χ1n) is 7.77. The summed E-state index contributed by atoms with van der Waals surface area (Å²) >= 11 is 0. The van der Waals surface area contributed by atoms with Gasteiger partial charge in [-0.1, -0.05) is 30.3 Å². The van der Waals surface area contributed by atoms with Gasteiger partial charge in [-0.2, -0.15) is 0 Å². The smallest absolute Gasteiger partial charge is 0.253 e. The fraction of sp³-hybridized carbons (Fsp3) is 0.222. The Morgan fingerprint density at radius 2 is 2.04 bits per heavy atom. The van der Waals surface area contributed by atoms with Crippen LogP contribution in [-0.2, 0) is 13.1 Å². The Balaban J connectivity index is 1.97. The highest BCUT2D eigenvalue weighted by molar-refractivity contribution is 6.06. The third-order valence-electron chi connectivity index (χ3n) is 4.29. The number of amides is 1. The molecule has 1 amide bonds. The Bertz CT molecular complexity index is 895. The molecule has 0 saturated carbocycles. The molecule has 0 aliphatic carbocycles. The first-order chi connectivity index (χ1) is 11.2. The van der Waals surface area contributed by atoms with Crippen molar-refractivity contribution < 1.29 is 4.79 Å². The molecule has 0 fully saturated rings. The largest absolute Gasteiger partial charge is 0.348 e. The predicted molar refractivity (Wildman–Crippen MR) is 90.0 cm³/mol. The van der Waals surface area contributed by atoms with Crippen molar-refractivity contribution in [2.45, 2.75) is 26.1 Å². The van der Waals surface area contributed by atoms with E-state index in [1.807, 2.05) is 49.4 Å². The number of carbonyl (C=O) groups is 1. The van der Waals surface area contributed by atoms with Crippen LogP contribution in [0.4, 0.5) is 0 Å². The molecule has 1 unspecified atom stereocenters. The molecule has 1 aromatic heterocycles. The minimum Gasteiger partial charge on any atom is -0.348 e. The van der Waals surface area contributed by atoms with Gasteiger partial charge in [-0.25, -0.2) is 4.98 Å². The van der Waals surface area contributed by atoms with Crippen molar-refractivity contribution in [3.63, 3.8) is 0 Å². The Morgan fingerprint density at radius 3 is 2.78 bits per heavy atom. The van der Waals surface area contributed by atoms with E-state index in [2.05, 4.69) is 9.88 Å². The lowest BCUT2D eigenvalue weighted by Crippen LogP contribution is -2.33. The van der Waals surface area contributed by atoms with E-state index in [9.17, 15) is 4.79 Å². The van der Waals surface area contributed by atoms with Crippen molar-refractivity contribution in [2.75, 3.05) is 0 Å². The summed E-state index contributed by atoms with van der Waals surface area (Å²) in [6.45, 7) is 3.24. The van der Waals surface area contributed by atoms with Gasteiger partial charge in [0.05, 0.1) is 16.6 Å². The van der Waals surface area contributed by atoms with E-state index in [0.29, 0.717) is 18.7 Å². The lowest BCUT2D eigenvalue weighted by atomic mass is 10.1. The molecule has 1 atom stereocenters. The minimum atomic E-state index is -0.0354. The van der Waals surface area contributed by atoms with Crippen LogP contribution in [0, 0.1) is 0 Å². The first-order valence-corrected chi connectivity index (χ1v) is 7.77. The summed E-state index contributed by atoms with van der Waals surface area (Å²) in [6, 6.07) is 13.9. The minimum absolute atomic E-state index is 0.0354. The van der Waals surface area contributed by atoms with Crippen LogP contribution in [0.25, 0.3) is 22.4 Å². The van der Waals surface area contributed by atoms with E-state index in [4.69, 9.17) is 10.7 Å². The maximum atomic E-state index is 12.4. The number of nitrogens with one attached hydrogen (secondary N) is 1. The zero-order valence-corrected chi connectivity index (χ0v) is 12.9. The van der Waals surface area contributed by atoms with Crippen molar-refractivity contribution >= 4 is 16.9 Å². The van der Waals surface area contributed by atoms with E-state index in [-0.39, 0.29) is 11.9 Å². The monoisotopic (exact) mass is 306 g/mol. The van der Waals surface area contributed by atoms with Crippen molar-refractivity contribution in [1.82, 2.24) is 14.9 Å². The zero-order chi connectivity index (χ0) is 16.0. The first kappa shape index (κ1) is 14.0. The van der Waals surface area contributed by atoms with Gasteiger partial charge in [0.15, 0.2) is 0 Å². The summed E-state index contributed by atoms with van der Waals surface area (Å²) < 4.78 is 2.14. The molecule has 5 nitrogen and oxygen atoms in total. The quantitative estimate of drug-likeness (QED) is 0.763. The third-order valence-corrected chi connectivity index (χ3v) is 4.29. The fourth-order valence-corrected chi connectivity index (χ4v) is 3.18. The predicted octanol–water partition coefficient (Wildman–Crippen LogP) is 2.29. The van der Waals surface area contributed by atoms with Crippen LogP contribution < -0.4 is 11.1 Å². The van der Waals surface area contributed by atoms with Gasteiger partial charge in [-0.3, -0.25) is 4.79 Å². The number of para-hydroxylation sites is 1. The van der Waals surface area contributed by atoms with Crippen molar-refractivity contribution in [3.8, 4) is 11.4 Å². The van der Waals surface area contributed by atoms with Crippen LogP contribution in [0.2, 0.25) is 0 Å². The Labute approximate surface area is 134 Å². The Hall–Kier alpha value is -2.66. The van der Waals surface area contributed by atoms with Crippen LogP contribution in [-0.4, -0.2) is 21.5 Å². The highest BCUT2D eigenvalue weighted by Crippen LogP contribution is 2.29. The summed E-state index contributed by atoms with van der Waals surface area (Å²) in [5.74, 6) is 0.853. The van der Waals surface area contributed by atoms with Gasteiger partial charge in [0.1, 0.15) is 5.82 Å². The topological polar surface area (TPSA) is 72.9 Å². The third kappa shape index (κ3) is 2.21. The molecular weight excluding hydrogens is 288 g/mol. The number of carbonyl (C=O) groups excluding carboxylic acids is 1. The lowest BCUT2D eigenvalue weighted by Gasteiger charge is -2.13. The molecule has 0 spiro atoms. The SMILES string of the molecule is CC1Cn2c(-c3ccc(CN)cc3)nc3cccc(c32)C(=O)N1. The van der Waals surface area contributed by atoms with E-state index < -0.39 is 0 Å². The molecule has 3 aromatic rings. The molecule has 23 heavy (non-hydrogen) atoms. The second kappa shape index (κ2) is 5.21. The van der Waals surface area contributed by atoms with Gasteiger partial charge < -0.3 is 15.6 Å². The number of nitrogens with two attached hydrogens (primary N) is 1. The number of hydrogen-bond donors (Lipinski definition) is 2. The van der Waals surface area contributed by atoms with E-state index in [1.54, 1.807) is 0 Å². The highest BCUT2D eigenvalue weighted by Gasteiger charge is 2.24. The summed E-state index contributed by atoms with van der Waals surface area (Å²) in [4.78, 5) is 17.1. The molecule has 1 aliphatic heterocycles. The van der Waals surface area contributed by atoms with Gasteiger partial charge in [0, 0.05) is 24.7 Å². The van der Waals surface area contributed by atoms with E-state index in [1.165, 1.54) is 0 Å². The van der Waals surface area contributed by atoms with Crippen molar-refractivity contribution in [2.24, 2.45) is 5.73 Å². The standard InChI is InChI=1S/C18H18N4O/c1-11-10-22-16-14(18(23)20-11)3-2-4-15(16)21-17(22)13-7-5-12(9-19)6-8-13/h2-8,11H,9-10,19H2,1H3,(H,20,23). The highest BCUT2D eigenvalue weighted by atomic mass is 16.1. The Morgan fingerprint density at radius 1 is 1.26 bits per heavy atom. The van der Waals surface area contributed by atoms with Gasteiger partial charge >= 0.3 is 0 Å². The lowest BCUT2D eigenvalue weighted by molar-refractivity contribution is 0.0942. The number of aromatic nitrogens is 2. The summed E-state index contributed by atoms with van der Waals surface area (Å²) in [5.41, 5.74) is 10.2. The second-order valence-electron chi connectivity index (χ2n) is 5.99. The average molecular weight is 306 g/mol. The van der Waals surface area contributed by atoms with E-state index >= 15 is 0 Å². The van der Waals surface area contributed by atoms with Crippen LogP contribution >= 0.6 is 0 Å². The zero-order valence-electron chi connectivity index (χ0n) is 12.9. The van der Waals surface area contributed by atoms with Gasteiger partial charge in [0.2, 0.25) is 0 Å². The number of rotatable bonds is 2. The summed E-state index contributed by atoms with van der Waals surface area (Å²) in [5, 5.41) is 3.03. The summed E-state index contributed by atoms with van der Waals surface area (Å²) in [6.07, 6.45) is 0. The fourth-order valence-electron chi connectivity index (χ4n) is 3.18. The molecule has 116 valence electrons. The molecule has 1 aliphatic rings. The van der Waals surface area contributed by atoms with Gasteiger partial charge in [-0.15, -0.1) is 0 Å². The number of hydrogen-bond acceptors (Lipinski definition) is 3. The molecule has 5 heteroatoms. The number of benzene rings is 2. The maximum absolute atomic E-state index is 12.4. The molecule has 0 saturated heterocycles. The number of nitrogens with zero attached hydrogens (tertiary/aromatic N) is 2. The molecule has 0 bridgehead atoms. The van der Waals surface area contributed by atoms with E-state index in [0.717, 1.165) is 28.0 Å². The maximum Gasteiger partial charge on any atom is 0.253 e. The number of imidazole rings is 1. The molecule has 0 radical (unpaired) electrons. The Kier molecular flexibility index (Phi) is 3.16. The van der Waals surface area contributed by atoms with Crippen LogP contribution in [0.15, 0.2) is 42.5 Å². The molecule has 4 rings (SSSR count). The second-order valence-corrected chi connectivity index (χ2v) is 5.99. The van der Waals surface area contributed by atoms with Crippen molar-refractivity contribution in [3.05, 3.63) is 53.6 Å². The molecule has 2 aromatic carbocycles. The molecule has 2 heterocycles. The van der Waals surface area contributed by atoms with Crippen LogP contribution in [0.5, 0.6) is 0 Å². The molecular formula is C18H18N4O. The molecule has 3 N–H and O–H groups in total. The van der Waals surface area contributed by atoms with Crippen LogP contribution in [0.1, 0.15) is 22.8 Å². The normalized spacial score (nSPS) is 17.1. The van der Waals surface area contributed by atoms with Crippen molar-refractivity contribution in [1.29, 1.82) is 0 Å². The average Bonchev–Trinajstić information content (AvgIpc) is 2.86. The van der Waals surface area contributed by atoms with Gasteiger partial charge in [0.25, 0.3) is 5.91 Å². The van der Waals surface area contributed by atoms with Crippen LogP contribution in [0.3, 0.4) is 0 Å². The van der Waals surface area contributed by atoms with Gasteiger partial charge in [-0.05, 0) is 24.6 Å².